The first kappa shape index (κ1) is 22.5. The number of carbonyl (C=O) groups is 1. The smallest absolute Gasteiger partial charge is 0.407 e. The monoisotopic (exact) mass is 370 g/mol. The molecule has 26 heavy (non-hydrogen) atoms. The summed E-state index contributed by atoms with van der Waals surface area (Å²) in [6.45, 7) is 14.4. The van der Waals surface area contributed by atoms with Crippen LogP contribution in [-0.4, -0.2) is 93.4 Å². The third kappa shape index (κ3) is 9.82. The molecule has 3 N–H and O–H groups in total. The Morgan fingerprint density at radius 2 is 1.73 bits per heavy atom. The molecule has 1 unspecified atom stereocenters. The molecule has 0 radical (unpaired) electrons. The minimum absolute atomic E-state index is 0.374. The van der Waals surface area contributed by atoms with E-state index in [0.717, 1.165) is 51.6 Å². The van der Waals surface area contributed by atoms with Crippen LogP contribution in [0.4, 0.5) is 4.79 Å². The summed E-state index contributed by atoms with van der Waals surface area (Å²) in [6.07, 6.45) is 0.425. The fourth-order valence-corrected chi connectivity index (χ4v) is 2.66. The van der Waals surface area contributed by atoms with Gasteiger partial charge in [0.05, 0.1) is 0 Å². The maximum atomic E-state index is 11.6. The van der Waals surface area contributed by atoms with Gasteiger partial charge in [-0.2, -0.15) is 0 Å². The van der Waals surface area contributed by atoms with Crippen molar-refractivity contribution in [3.05, 3.63) is 0 Å². The summed E-state index contributed by atoms with van der Waals surface area (Å²) in [5, 5.41) is 9.41. The van der Waals surface area contributed by atoms with Crippen molar-refractivity contribution in [1.82, 2.24) is 25.8 Å². The van der Waals surface area contributed by atoms with Crippen LogP contribution in [0, 0.1) is 0 Å². The Morgan fingerprint density at radius 3 is 2.31 bits per heavy atom. The summed E-state index contributed by atoms with van der Waals surface area (Å²) in [5.74, 6) is 0.795. The van der Waals surface area contributed by atoms with Gasteiger partial charge < -0.3 is 25.6 Å². The fraction of sp³-hybridized carbons (Fsp3) is 0.889. The molecule has 0 aliphatic carbocycles. The number of amides is 1. The molecule has 1 fully saturated rings. The number of alkyl carbamates (subject to hydrolysis) is 1. The zero-order chi connectivity index (χ0) is 19.6. The number of likely N-dealkylation sites (N-methyl/N-ethyl adjacent to an activating group) is 1. The predicted octanol–water partition coefficient (Wildman–Crippen LogP) is 0.702. The van der Waals surface area contributed by atoms with Crippen LogP contribution in [0.1, 0.15) is 34.1 Å². The minimum atomic E-state index is -0.464. The molecule has 0 aromatic heterocycles. The van der Waals surface area contributed by atoms with Gasteiger partial charge in [-0.25, -0.2) is 4.79 Å². The van der Waals surface area contributed by atoms with E-state index in [1.165, 1.54) is 0 Å². The van der Waals surface area contributed by atoms with Gasteiger partial charge in [0.1, 0.15) is 5.60 Å². The van der Waals surface area contributed by atoms with Gasteiger partial charge >= 0.3 is 6.09 Å². The normalized spacial score (nSPS) is 18.3. The standard InChI is InChI=1S/C18H38N6O2/c1-15(24-12-10-23(6)11-13-24)14-22-16(19-5)20-8-7-9-21-17(25)26-18(2,3)4/h15H,7-14H2,1-6H3,(H,21,25)(H2,19,20,22). The van der Waals surface area contributed by atoms with Crippen LogP contribution in [0.5, 0.6) is 0 Å². The molecule has 1 rings (SSSR count). The molecule has 0 saturated carbocycles. The van der Waals surface area contributed by atoms with Crippen molar-refractivity contribution in [3.8, 4) is 0 Å². The molecule has 152 valence electrons. The molecule has 0 bridgehead atoms. The molecule has 0 spiro atoms. The lowest BCUT2D eigenvalue weighted by Crippen LogP contribution is -2.52. The average molecular weight is 371 g/mol. The van der Waals surface area contributed by atoms with Gasteiger partial charge in [-0.15, -0.1) is 0 Å². The van der Waals surface area contributed by atoms with Crippen LogP contribution in [0.3, 0.4) is 0 Å². The van der Waals surface area contributed by atoms with Gasteiger partial charge in [0, 0.05) is 58.9 Å². The van der Waals surface area contributed by atoms with Crippen molar-refractivity contribution >= 4 is 12.1 Å². The molecule has 1 heterocycles. The molecule has 0 aromatic carbocycles. The lowest BCUT2D eigenvalue weighted by molar-refractivity contribution is 0.0527. The molecule has 1 aliphatic heterocycles. The van der Waals surface area contributed by atoms with E-state index in [1.807, 2.05) is 20.8 Å². The Hall–Kier alpha value is -1.54. The third-order valence-corrected chi connectivity index (χ3v) is 4.26. The first-order valence-electron chi connectivity index (χ1n) is 9.55. The zero-order valence-electron chi connectivity index (χ0n) is 17.4. The summed E-state index contributed by atoms with van der Waals surface area (Å²) < 4.78 is 5.20. The van der Waals surface area contributed by atoms with Crippen molar-refractivity contribution in [3.63, 3.8) is 0 Å². The lowest BCUT2D eigenvalue weighted by Gasteiger charge is -2.36. The Labute approximate surface area is 158 Å². The van der Waals surface area contributed by atoms with E-state index in [9.17, 15) is 4.79 Å². The summed E-state index contributed by atoms with van der Waals surface area (Å²) in [7, 11) is 3.94. The third-order valence-electron chi connectivity index (χ3n) is 4.26. The number of nitrogens with one attached hydrogen (secondary N) is 3. The number of rotatable bonds is 7. The maximum absolute atomic E-state index is 11.6. The van der Waals surface area contributed by atoms with E-state index in [0.29, 0.717) is 12.6 Å². The molecule has 1 amide bonds. The molecule has 1 aliphatic rings. The van der Waals surface area contributed by atoms with Crippen LogP contribution in [0.2, 0.25) is 0 Å². The van der Waals surface area contributed by atoms with Crippen LogP contribution >= 0.6 is 0 Å². The van der Waals surface area contributed by atoms with Crippen molar-refractivity contribution in [2.24, 2.45) is 4.99 Å². The van der Waals surface area contributed by atoms with E-state index >= 15 is 0 Å². The number of aliphatic imine (C=N–C) groups is 1. The first-order chi connectivity index (χ1) is 12.2. The summed E-state index contributed by atoms with van der Waals surface area (Å²) in [5.41, 5.74) is -0.464. The first-order valence-corrected chi connectivity index (χ1v) is 9.55. The quantitative estimate of drug-likeness (QED) is 0.348. The SMILES string of the molecule is CN=C(NCCCNC(=O)OC(C)(C)C)NCC(C)N1CCN(C)CC1. The van der Waals surface area contributed by atoms with Crippen LogP contribution in [-0.2, 0) is 4.74 Å². The fourth-order valence-electron chi connectivity index (χ4n) is 2.66. The molecule has 8 heteroatoms. The average Bonchev–Trinajstić information content (AvgIpc) is 2.56. The predicted molar refractivity (Wildman–Crippen MR) is 107 cm³/mol. The van der Waals surface area contributed by atoms with Crippen LogP contribution in [0.15, 0.2) is 4.99 Å². The largest absolute Gasteiger partial charge is 0.444 e. The Balaban J connectivity index is 2.14. The van der Waals surface area contributed by atoms with E-state index in [-0.39, 0.29) is 6.09 Å². The number of hydrogen-bond donors (Lipinski definition) is 3. The maximum Gasteiger partial charge on any atom is 0.407 e. The van der Waals surface area contributed by atoms with Gasteiger partial charge in [0.15, 0.2) is 5.96 Å². The molecule has 8 nitrogen and oxygen atoms in total. The zero-order valence-corrected chi connectivity index (χ0v) is 17.4. The van der Waals surface area contributed by atoms with Gasteiger partial charge in [-0.3, -0.25) is 9.89 Å². The molecule has 1 atom stereocenters. The Morgan fingerprint density at radius 1 is 1.12 bits per heavy atom. The molecule has 0 aromatic rings. The molecular formula is C18H38N6O2. The highest BCUT2D eigenvalue weighted by Gasteiger charge is 2.19. The molecular weight excluding hydrogens is 332 g/mol. The highest BCUT2D eigenvalue weighted by Crippen LogP contribution is 2.06. The Kier molecular flexibility index (Phi) is 9.72. The van der Waals surface area contributed by atoms with Crippen molar-refractivity contribution < 1.29 is 9.53 Å². The minimum Gasteiger partial charge on any atom is -0.444 e. The van der Waals surface area contributed by atoms with E-state index in [4.69, 9.17) is 4.74 Å². The van der Waals surface area contributed by atoms with Crippen molar-refractivity contribution in [1.29, 1.82) is 0 Å². The van der Waals surface area contributed by atoms with Gasteiger partial charge in [0.2, 0.25) is 0 Å². The number of guanidine groups is 1. The second-order valence-corrected chi connectivity index (χ2v) is 7.85. The highest BCUT2D eigenvalue weighted by atomic mass is 16.6. The van der Waals surface area contributed by atoms with Gasteiger partial charge in [-0.1, -0.05) is 0 Å². The second-order valence-electron chi connectivity index (χ2n) is 7.85. The van der Waals surface area contributed by atoms with Crippen molar-refractivity contribution in [2.45, 2.75) is 45.8 Å². The summed E-state index contributed by atoms with van der Waals surface area (Å²) >= 11 is 0. The van der Waals surface area contributed by atoms with Crippen LogP contribution in [0.25, 0.3) is 0 Å². The number of carbonyl (C=O) groups excluding carboxylic acids is 1. The number of nitrogens with zero attached hydrogens (tertiary/aromatic N) is 3. The lowest BCUT2D eigenvalue weighted by atomic mass is 10.2. The number of ether oxygens (including phenoxy) is 1. The second kappa shape index (κ2) is 11.2. The van der Waals surface area contributed by atoms with Crippen molar-refractivity contribution in [2.75, 3.05) is 59.9 Å². The van der Waals surface area contributed by atoms with Gasteiger partial charge in [0.25, 0.3) is 0 Å². The Bertz CT molecular complexity index is 441. The van der Waals surface area contributed by atoms with E-state index in [1.54, 1.807) is 7.05 Å². The van der Waals surface area contributed by atoms with Gasteiger partial charge in [-0.05, 0) is 41.2 Å². The number of piperazine rings is 1. The molecule has 1 saturated heterocycles. The highest BCUT2D eigenvalue weighted by molar-refractivity contribution is 5.79. The number of hydrogen-bond acceptors (Lipinski definition) is 5. The van der Waals surface area contributed by atoms with Crippen LogP contribution < -0.4 is 16.0 Å². The summed E-state index contributed by atoms with van der Waals surface area (Å²) in [6, 6.07) is 0.469. The van der Waals surface area contributed by atoms with E-state index in [2.05, 4.69) is 44.7 Å². The summed E-state index contributed by atoms with van der Waals surface area (Å²) in [4.78, 5) is 20.7. The topological polar surface area (TPSA) is 81.2 Å². The van der Waals surface area contributed by atoms with E-state index < -0.39 is 5.60 Å².